The molecule has 2 rings (SSSR count). The minimum atomic E-state index is -0.961. The molecule has 2 aromatic rings. The molecule has 0 saturated carbocycles. The van der Waals surface area contributed by atoms with Crippen LogP contribution in [-0.4, -0.2) is 33.7 Å². The van der Waals surface area contributed by atoms with E-state index in [4.69, 9.17) is 9.63 Å². The van der Waals surface area contributed by atoms with Crippen LogP contribution in [-0.2, 0) is 4.79 Å². The van der Waals surface area contributed by atoms with Gasteiger partial charge in [-0.05, 0) is 19.9 Å². The number of hydrogen-bond donors (Lipinski definition) is 2. The van der Waals surface area contributed by atoms with Crippen molar-refractivity contribution in [3.63, 3.8) is 0 Å². The summed E-state index contributed by atoms with van der Waals surface area (Å²) >= 11 is 0. The molecule has 0 atom stereocenters. The number of fused-ring (bicyclic) bond motifs is 1. The summed E-state index contributed by atoms with van der Waals surface area (Å²) in [6.45, 7) is 3.53. The predicted octanol–water partition coefficient (Wildman–Crippen LogP) is 1.04. The summed E-state index contributed by atoms with van der Waals surface area (Å²) in [5, 5.41) is 15.4. The van der Waals surface area contributed by atoms with Gasteiger partial charge in [-0.25, -0.2) is 4.98 Å². The van der Waals surface area contributed by atoms with Gasteiger partial charge in [-0.15, -0.1) is 0 Å². The number of carbonyl (C=O) groups is 2. The van der Waals surface area contributed by atoms with Crippen LogP contribution in [0.2, 0.25) is 0 Å². The Morgan fingerprint density at radius 1 is 1.42 bits per heavy atom. The van der Waals surface area contributed by atoms with Gasteiger partial charge in [0, 0.05) is 12.2 Å². The Morgan fingerprint density at radius 3 is 2.84 bits per heavy atom. The number of amides is 1. The van der Waals surface area contributed by atoms with E-state index in [1.165, 1.54) is 0 Å². The molecule has 0 radical (unpaired) electrons. The summed E-state index contributed by atoms with van der Waals surface area (Å²) in [7, 11) is 0. The predicted molar refractivity (Wildman–Crippen MR) is 65.9 cm³/mol. The summed E-state index contributed by atoms with van der Waals surface area (Å²) in [6.07, 6.45) is -0.123. The fourth-order valence-corrected chi connectivity index (χ4v) is 1.77. The van der Waals surface area contributed by atoms with E-state index < -0.39 is 5.97 Å². The first-order valence-electron chi connectivity index (χ1n) is 5.72. The smallest absolute Gasteiger partial charge is 0.305 e. The van der Waals surface area contributed by atoms with Gasteiger partial charge < -0.3 is 14.9 Å². The number of carbonyl (C=O) groups excluding carboxylic acids is 1. The number of pyridine rings is 1. The van der Waals surface area contributed by atoms with E-state index in [2.05, 4.69) is 15.5 Å². The molecule has 0 unspecified atom stereocenters. The highest BCUT2D eigenvalue weighted by Gasteiger charge is 2.17. The van der Waals surface area contributed by atoms with Crippen molar-refractivity contribution in [3.05, 3.63) is 23.0 Å². The zero-order valence-corrected chi connectivity index (χ0v) is 10.6. The van der Waals surface area contributed by atoms with E-state index >= 15 is 0 Å². The molecule has 0 aromatic carbocycles. The molecule has 0 bridgehead atoms. The van der Waals surface area contributed by atoms with Crippen LogP contribution in [0.3, 0.4) is 0 Å². The van der Waals surface area contributed by atoms with Gasteiger partial charge in [-0.2, -0.15) is 0 Å². The Kier molecular flexibility index (Phi) is 3.46. The third kappa shape index (κ3) is 2.70. The van der Waals surface area contributed by atoms with Crippen LogP contribution in [0.25, 0.3) is 11.1 Å². The SMILES string of the molecule is Cc1cc(C(=O)NCCC(=O)O)c2c(C)noc2n1. The molecule has 2 heterocycles. The topological polar surface area (TPSA) is 105 Å². The lowest BCUT2D eigenvalue weighted by Crippen LogP contribution is -2.26. The molecule has 0 aliphatic carbocycles. The Labute approximate surface area is 108 Å². The number of carboxylic acids is 1. The highest BCUT2D eigenvalue weighted by molar-refractivity contribution is 6.06. The second kappa shape index (κ2) is 5.05. The van der Waals surface area contributed by atoms with E-state index in [9.17, 15) is 9.59 Å². The van der Waals surface area contributed by atoms with Crippen LogP contribution in [0.4, 0.5) is 0 Å². The van der Waals surface area contributed by atoms with Crippen molar-refractivity contribution in [2.45, 2.75) is 20.3 Å². The summed E-state index contributed by atoms with van der Waals surface area (Å²) in [6, 6.07) is 1.63. The van der Waals surface area contributed by atoms with Gasteiger partial charge >= 0.3 is 5.97 Å². The van der Waals surface area contributed by atoms with Crippen molar-refractivity contribution in [1.29, 1.82) is 0 Å². The second-order valence-electron chi connectivity index (χ2n) is 4.16. The molecule has 0 aliphatic heterocycles. The molecule has 0 spiro atoms. The first kappa shape index (κ1) is 13.0. The quantitative estimate of drug-likeness (QED) is 0.853. The van der Waals surface area contributed by atoms with E-state index in [-0.39, 0.29) is 18.9 Å². The minimum Gasteiger partial charge on any atom is -0.481 e. The van der Waals surface area contributed by atoms with Gasteiger partial charge in [0.05, 0.1) is 23.1 Å². The largest absolute Gasteiger partial charge is 0.481 e. The fourth-order valence-electron chi connectivity index (χ4n) is 1.77. The van der Waals surface area contributed by atoms with Crippen molar-refractivity contribution in [3.8, 4) is 0 Å². The first-order chi connectivity index (χ1) is 8.99. The van der Waals surface area contributed by atoms with Crippen LogP contribution in [0.5, 0.6) is 0 Å². The summed E-state index contributed by atoms with van der Waals surface area (Å²) in [5.41, 5.74) is 1.91. The molecular formula is C12H13N3O4. The van der Waals surface area contributed by atoms with Crippen LogP contribution >= 0.6 is 0 Å². The van der Waals surface area contributed by atoms with E-state index in [1.54, 1.807) is 19.9 Å². The number of aryl methyl sites for hydroxylation is 2. The lowest BCUT2D eigenvalue weighted by molar-refractivity contribution is -0.136. The monoisotopic (exact) mass is 263 g/mol. The number of rotatable bonds is 4. The summed E-state index contributed by atoms with van der Waals surface area (Å²) in [5.74, 6) is -1.32. The van der Waals surface area contributed by atoms with Gasteiger partial charge in [0.15, 0.2) is 0 Å². The molecule has 2 N–H and O–H groups in total. The molecule has 7 nitrogen and oxygen atoms in total. The van der Waals surface area contributed by atoms with E-state index in [0.717, 1.165) is 0 Å². The fraction of sp³-hybridized carbons (Fsp3) is 0.333. The van der Waals surface area contributed by atoms with Crippen molar-refractivity contribution in [2.24, 2.45) is 0 Å². The minimum absolute atomic E-state index is 0.0708. The molecule has 0 saturated heterocycles. The van der Waals surface area contributed by atoms with Gasteiger partial charge in [-0.1, -0.05) is 5.16 Å². The van der Waals surface area contributed by atoms with Crippen molar-refractivity contribution < 1.29 is 19.2 Å². The number of aliphatic carboxylic acids is 1. The Hall–Kier alpha value is -2.44. The standard InChI is InChI=1S/C12H13N3O4/c1-6-5-8(11(18)13-4-3-9(16)17)10-7(2)15-19-12(10)14-6/h5H,3-4H2,1-2H3,(H,13,18)(H,16,17). The van der Waals surface area contributed by atoms with Gasteiger partial charge in [-0.3, -0.25) is 9.59 Å². The Balaban J connectivity index is 2.30. The maximum atomic E-state index is 12.0. The second-order valence-corrected chi connectivity index (χ2v) is 4.16. The lowest BCUT2D eigenvalue weighted by Gasteiger charge is -2.05. The molecule has 19 heavy (non-hydrogen) atoms. The molecule has 2 aromatic heterocycles. The van der Waals surface area contributed by atoms with Crippen molar-refractivity contribution >= 4 is 23.0 Å². The van der Waals surface area contributed by atoms with E-state index in [1.807, 2.05) is 0 Å². The third-order valence-electron chi connectivity index (χ3n) is 2.61. The molecular weight excluding hydrogens is 250 g/mol. The highest BCUT2D eigenvalue weighted by atomic mass is 16.5. The average Bonchev–Trinajstić information content (AvgIpc) is 2.69. The maximum Gasteiger partial charge on any atom is 0.305 e. The van der Waals surface area contributed by atoms with Crippen LogP contribution in [0, 0.1) is 13.8 Å². The van der Waals surface area contributed by atoms with Crippen LogP contribution in [0.15, 0.2) is 10.6 Å². The number of carboxylic acid groups (broad SMARTS) is 1. The lowest BCUT2D eigenvalue weighted by atomic mass is 10.1. The number of nitrogens with one attached hydrogen (secondary N) is 1. The summed E-state index contributed by atoms with van der Waals surface area (Å²) < 4.78 is 5.03. The number of hydrogen-bond acceptors (Lipinski definition) is 5. The molecule has 1 amide bonds. The average molecular weight is 263 g/mol. The van der Waals surface area contributed by atoms with Crippen molar-refractivity contribution in [1.82, 2.24) is 15.5 Å². The Bertz CT molecular complexity index is 648. The van der Waals surface area contributed by atoms with Crippen molar-refractivity contribution in [2.75, 3.05) is 6.54 Å². The maximum absolute atomic E-state index is 12.0. The molecule has 7 heteroatoms. The van der Waals surface area contributed by atoms with Gasteiger partial charge in [0.2, 0.25) is 0 Å². The van der Waals surface area contributed by atoms with E-state index in [0.29, 0.717) is 28.1 Å². The zero-order valence-electron chi connectivity index (χ0n) is 10.6. The molecule has 0 aliphatic rings. The number of nitrogens with zero attached hydrogens (tertiary/aromatic N) is 2. The highest BCUT2D eigenvalue weighted by Crippen LogP contribution is 2.21. The van der Waals surface area contributed by atoms with Gasteiger partial charge in [0.1, 0.15) is 0 Å². The molecule has 100 valence electrons. The van der Waals surface area contributed by atoms with Crippen LogP contribution < -0.4 is 5.32 Å². The van der Waals surface area contributed by atoms with Crippen LogP contribution in [0.1, 0.15) is 28.2 Å². The Morgan fingerprint density at radius 2 is 2.16 bits per heavy atom. The first-order valence-corrected chi connectivity index (χ1v) is 5.72. The zero-order chi connectivity index (χ0) is 14.0. The molecule has 0 fully saturated rings. The summed E-state index contributed by atoms with van der Waals surface area (Å²) in [4.78, 5) is 26.6. The van der Waals surface area contributed by atoms with Gasteiger partial charge in [0.25, 0.3) is 11.6 Å². The normalized spacial score (nSPS) is 10.6. The number of aromatic nitrogens is 2. The third-order valence-corrected chi connectivity index (χ3v) is 2.61.